The SMILES string of the molecule is [2H]c1c([2H])c(C([2H])([2H])[2H])c([2H])c([2H])c1F. The zero-order chi connectivity index (χ0) is 12.0. The van der Waals surface area contributed by atoms with E-state index < -0.39 is 42.4 Å². The van der Waals surface area contributed by atoms with Crippen LogP contribution in [-0.2, 0) is 0 Å². The third kappa shape index (κ3) is 1.06. The van der Waals surface area contributed by atoms with Crippen molar-refractivity contribution < 1.29 is 14.0 Å². The Labute approximate surface area is 57.8 Å². The van der Waals surface area contributed by atoms with E-state index in [1.165, 1.54) is 0 Å². The fourth-order valence-electron chi connectivity index (χ4n) is 0.297. The molecule has 0 aliphatic heterocycles. The maximum atomic E-state index is 13.0. The van der Waals surface area contributed by atoms with Crippen LogP contribution in [0.3, 0.4) is 0 Å². The molecule has 0 saturated carbocycles. The van der Waals surface area contributed by atoms with Gasteiger partial charge in [-0.2, -0.15) is 0 Å². The van der Waals surface area contributed by atoms with E-state index in [1.807, 2.05) is 0 Å². The van der Waals surface area contributed by atoms with Crippen molar-refractivity contribution in [2.24, 2.45) is 0 Å². The third-order valence-corrected chi connectivity index (χ3v) is 0.594. The summed E-state index contributed by atoms with van der Waals surface area (Å²) in [6.45, 7) is -2.78. The van der Waals surface area contributed by atoms with Gasteiger partial charge in [0, 0.05) is 4.11 Å². The molecular formula is C7H7F. The first kappa shape index (κ1) is 1.35. The van der Waals surface area contributed by atoms with E-state index in [2.05, 4.69) is 0 Å². The van der Waals surface area contributed by atoms with Crippen LogP contribution in [0, 0.1) is 12.7 Å². The summed E-state index contributed by atoms with van der Waals surface area (Å²) in [6.07, 6.45) is 0. The summed E-state index contributed by atoms with van der Waals surface area (Å²) >= 11 is 0. The largest absolute Gasteiger partial charge is 0.207 e. The fraction of sp³-hybridized carbons (Fsp3) is 0.143. The topological polar surface area (TPSA) is 0 Å². The Morgan fingerprint density at radius 3 is 2.62 bits per heavy atom. The standard InChI is InChI=1S/C7H7F/c1-6-2-4-7(8)5-3-6/h2-5H,1H3/i1D3,2D,3D,4D,5D. The van der Waals surface area contributed by atoms with Gasteiger partial charge in [0.05, 0.1) is 5.48 Å². The minimum Gasteiger partial charge on any atom is -0.207 e. The van der Waals surface area contributed by atoms with Crippen molar-refractivity contribution in [2.75, 3.05) is 0 Å². The van der Waals surface area contributed by atoms with Gasteiger partial charge in [0.1, 0.15) is 5.82 Å². The Morgan fingerprint density at radius 1 is 1.50 bits per heavy atom. The van der Waals surface area contributed by atoms with Crippen molar-refractivity contribution in [1.29, 1.82) is 0 Å². The van der Waals surface area contributed by atoms with Gasteiger partial charge in [-0.15, -0.1) is 0 Å². The van der Waals surface area contributed by atoms with E-state index in [1.54, 1.807) is 0 Å². The molecule has 0 spiro atoms. The van der Waals surface area contributed by atoms with E-state index in [4.69, 9.17) is 9.60 Å². The quantitative estimate of drug-likeness (QED) is 0.488. The average Bonchev–Trinajstić information content (AvgIpc) is 2.09. The van der Waals surface area contributed by atoms with Gasteiger partial charge in [0.15, 0.2) is 0 Å². The van der Waals surface area contributed by atoms with Crippen molar-refractivity contribution >= 4 is 0 Å². The van der Waals surface area contributed by atoms with Crippen LogP contribution in [0.1, 0.15) is 15.2 Å². The fourth-order valence-corrected chi connectivity index (χ4v) is 0.297. The van der Waals surface area contributed by atoms with Crippen molar-refractivity contribution in [3.8, 4) is 0 Å². The molecule has 0 nitrogen and oxygen atoms in total. The Bertz CT molecular complexity index is 380. The first-order valence-corrected chi connectivity index (χ1v) is 1.94. The van der Waals surface area contributed by atoms with Crippen LogP contribution in [-0.4, -0.2) is 0 Å². The highest BCUT2D eigenvalue weighted by Gasteiger charge is 1.83. The minimum atomic E-state index is -2.78. The second kappa shape index (κ2) is 1.95. The van der Waals surface area contributed by atoms with Crippen LogP contribution in [0.2, 0.25) is 0 Å². The normalized spacial score (nSPS) is 23.4. The molecule has 0 radical (unpaired) electrons. The Hall–Kier alpha value is -0.850. The molecule has 0 unspecified atom stereocenters. The molecule has 0 heterocycles. The van der Waals surface area contributed by atoms with Gasteiger partial charge >= 0.3 is 0 Å². The maximum Gasteiger partial charge on any atom is 0.123 e. The van der Waals surface area contributed by atoms with Crippen molar-refractivity contribution in [2.45, 2.75) is 6.85 Å². The molecule has 0 aliphatic carbocycles. The van der Waals surface area contributed by atoms with Crippen LogP contribution in [0.5, 0.6) is 0 Å². The monoisotopic (exact) mass is 117 g/mol. The van der Waals surface area contributed by atoms with Gasteiger partial charge in [0.2, 0.25) is 0 Å². The molecule has 1 aromatic carbocycles. The van der Waals surface area contributed by atoms with Crippen LogP contribution < -0.4 is 0 Å². The average molecular weight is 117 g/mol. The molecule has 0 aliphatic rings. The van der Waals surface area contributed by atoms with Gasteiger partial charge in [-0.25, -0.2) is 4.39 Å². The summed E-state index contributed by atoms with van der Waals surface area (Å²) in [7, 11) is 0. The molecule has 0 N–H and O–H groups in total. The van der Waals surface area contributed by atoms with Crippen molar-refractivity contribution in [3.63, 3.8) is 0 Å². The molecule has 0 aromatic heterocycles. The van der Waals surface area contributed by atoms with Gasteiger partial charge in [-0.05, 0) is 18.9 Å². The Balaban J connectivity index is 3.68. The van der Waals surface area contributed by atoms with Crippen molar-refractivity contribution in [3.05, 3.63) is 35.6 Å². The third-order valence-electron chi connectivity index (χ3n) is 0.594. The Kier molecular flexibility index (Phi) is 0.329. The maximum absolute atomic E-state index is 13.0. The molecule has 0 amide bonds. The molecule has 1 aromatic rings. The van der Waals surface area contributed by atoms with E-state index in [0.717, 1.165) is 0 Å². The minimum absolute atomic E-state index is 0.751. The molecule has 1 rings (SSSR count). The highest BCUT2D eigenvalue weighted by molar-refractivity contribution is 5.13. The Morgan fingerprint density at radius 2 is 2.12 bits per heavy atom. The van der Waals surface area contributed by atoms with Gasteiger partial charge in [0.25, 0.3) is 0 Å². The lowest BCUT2D eigenvalue weighted by atomic mass is 10.2. The summed E-state index contributed by atoms with van der Waals surface area (Å²) in [5.74, 6) is -1.34. The first-order chi connectivity index (χ1) is 6.68. The van der Waals surface area contributed by atoms with Crippen LogP contribution in [0.15, 0.2) is 24.2 Å². The zero-order valence-corrected chi connectivity index (χ0v) is 3.88. The molecule has 0 fully saturated rings. The molecule has 0 bridgehead atoms. The lowest BCUT2D eigenvalue weighted by Gasteiger charge is -1.87. The van der Waals surface area contributed by atoms with Crippen LogP contribution in [0.25, 0.3) is 0 Å². The number of hydrogen-bond acceptors (Lipinski definition) is 0. The van der Waals surface area contributed by atoms with Gasteiger partial charge < -0.3 is 0 Å². The second-order valence-electron chi connectivity index (χ2n) is 1.19. The number of rotatable bonds is 0. The molecule has 0 atom stereocenters. The smallest absolute Gasteiger partial charge is 0.123 e. The first-order valence-electron chi connectivity index (χ1n) is 5.44. The van der Waals surface area contributed by atoms with Gasteiger partial charge in [-0.1, -0.05) is 17.6 Å². The number of hydrogen-bond donors (Lipinski definition) is 0. The number of benzene rings is 1. The van der Waals surface area contributed by atoms with E-state index in [-0.39, 0.29) is 0 Å². The molecular weight excluding hydrogens is 103 g/mol. The molecule has 1 heteroatoms. The number of halogens is 1. The van der Waals surface area contributed by atoms with Crippen LogP contribution in [0.4, 0.5) is 4.39 Å². The summed E-state index contributed by atoms with van der Waals surface area (Å²) in [4.78, 5) is 0. The predicted molar refractivity (Wildman–Crippen MR) is 31.1 cm³/mol. The van der Waals surface area contributed by atoms with Crippen molar-refractivity contribution in [1.82, 2.24) is 0 Å². The van der Waals surface area contributed by atoms with Crippen LogP contribution >= 0.6 is 0 Å². The zero-order valence-electron chi connectivity index (χ0n) is 10.9. The van der Waals surface area contributed by atoms with Gasteiger partial charge in [-0.3, -0.25) is 0 Å². The summed E-state index contributed by atoms with van der Waals surface area (Å²) in [6, 6.07) is -3.62. The molecule has 8 heavy (non-hydrogen) atoms. The second-order valence-corrected chi connectivity index (χ2v) is 1.19. The van der Waals surface area contributed by atoms with E-state index >= 15 is 0 Å². The predicted octanol–water partition coefficient (Wildman–Crippen LogP) is 2.13. The summed E-state index contributed by atoms with van der Waals surface area (Å²) in [5.41, 5.74) is -0.751. The highest BCUT2D eigenvalue weighted by atomic mass is 19.1. The van der Waals surface area contributed by atoms with E-state index in [9.17, 15) is 4.39 Å². The molecule has 0 saturated heterocycles. The molecule has 42 valence electrons. The summed E-state index contributed by atoms with van der Waals surface area (Å²) in [5, 5.41) is 0. The lowest BCUT2D eigenvalue weighted by molar-refractivity contribution is 0.627. The van der Waals surface area contributed by atoms with E-state index in [0.29, 0.717) is 0 Å². The lowest BCUT2D eigenvalue weighted by Crippen LogP contribution is -1.71. The summed E-state index contributed by atoms with van der Waals surface area (Å²) < 4.78 is 62.7. The highest BCUT2D eigenvalue weighted by Crippen LogP contribution is 1.98.